The lowest BCUT2D eigenvalue weighted by Crippen LogP contribution is -2.50. The van der Waals surface area contributed by atoms with E-state index in [-0.39, 0.29) is 17.9 Å². The number of piperazine rings is 1. The van der Waals surface area contributed by atoms with Gasteiger partial charge in [0, 0.05) is 69.1 Å². The van der Waals surface area contributed by atoms with Crippen LogP contribution in [0.4, 0.5) is 0 Å². The molecule has 3 unspecified atom stereocenters. The molecule has 2 aliphatic carbocycles. The van der Waals surface area contributed by atoms with Crippen LogP contribution in [0.1, 0.15) is 66.2 Å². The lowest BCUT2D eigenvalue weighted by Gasteiger charge is -2.39. The highest BCUT2D eigenvalue weighted by Gasteiger charge is 2.42. The molecule has 3 heterocycles. The number of carbonyl (C=O) groups is 2. The van der Waals surface area contributed by atoms with Crippen LogP contribution in [0.15, 0.2) is 35.1 Å². The second-order valence-electron chi connectivity index (χ2n) is 10.0. The number of aldehydes is 1. The number of carbonyl (C=O) groups excluding carboxylic acids is 2. The molecule has 1 amide bonds. The molecular weight excluding hydrogens is 466 g/mol. The second-order valence-corrected chi connectivity index (χ2v) is 10.0. The van der Waals surface area contributed by atoms with Crippen molar-refractivity contribution in [2.45, 2.75) is 84.4 Å². The van der Waals surface area contributed by atoms with Gasteiger partial charge in [-0.2, -0.15) is 0 Å². The Hall–Kier alpha value is -2.00. The molecule has 0 radical (unpaired) electrons. The molecule has 0 spiro atoms. The molecule has 0 aromatic carbocycles. The summed E-state index contributed by atoms with van der Waals surface area (Å²) in [4.78, 5) is 29.4. The molecule has 37 heavy (non-hydrogen) atoms. The van der Waals surface area contributed by atoms with Crippen LogP contribution >= 0.6 is 0 Å². The molecule has 8 nitrogen and oxygen atoms in total. The summed E-state index contributed by atoms with van der Waals surface area (Å²) in [5.74, 6) is -0.0421. The van der Waals surface area contributed by atoms with Crippen molar-refractivity contribution in [1.82, 2.24) is 20.2 Å². The number of nitrogens with zero attached hydrogens (tertiary/aromatic N) is 3. The molecule has 0 bridgehead atoms. The highest BCUT2D eigenvalue weighted by Crippen LogP contribution is 2.35. The van der Waals surface area contributed by atoms with Gasteiger partial charge in [-0.3, -0.25) is 15.1 Å². The van der Waals surface area contributed by atoms with Crippen LogP contribution in [-0.2, 0) is 14.3 Å². The average molecular weight is 516 g/mol. The van der Waals surface area contributed by atoms with Crippen LogP contribution in [0.2, 0.25) is 0 Å². The van der Waals surface area contributed by atoms with Gasteiger partial charge < -0.3 is 20.2 Å². The third-order valence-corrected chi connectivity index (χ3v) is 7.96. The van der Waals surface area contributed by atoms with E-state index in [9.17, 15) is 9.59 Å². The van der Waals surface area contributed by atoms with Crippen molar-refractivity contribution in [2.75, 3.05) is 45.9 Å². The van der Waals surface area contributed by atoms with Crippen molar-refractivity contribution in [3.63, 3.8) is 0 Å². The van der Waals surface area contributed by atoms with Gasteiger partial charge in [0.15, 0.2) is 0 Å². The molecule has 208 valence electrons. The molecule has 3 atom stereocenters. The largest absolute Gasteiger partial charge is 0.399 e. The molecule has 4 fully saturated rings. The van der Waals surface area contributed by atoms with Crippen molar-refractivity contribution in [3.8, 4) is 0 Å². The summed E-state index contributed by atoms with van der Waals surface area (Å²) in [6.07, 6.45) is 13.6. The number of rotatable bonds is 6. The van der Waals surface area contributed by atoms with Gasteiger partial charge in [-0.05, 0) is 49.8 Å². The summed E-state index contributed by atoms with van der Waals surface area (Å²) < 4.78 is 5.76. The first-order valence-electron chi connectivity index (χ1n) is 14.6. The normalized spacial score (nSPS) is 28.9. The standard InChI is InChI=1S/C25H37N5O3.2C2H6/c26-23-9-7-18(25(32)29-12-10-28(11-13-29)16-21-5-2-14-33-21)6-8-22(23)24-19(17-31)15-27-30(24)20-3-1-4-20;2*1-2/h6-7,9,17,19-21,24,27H,1-5,8,10-16,26H2;2*1-2H3. The number of hydrogen-bond donors (Lipinski definition) is 2. The fraction of sp³-hybridized carbons (Fsp3) is 0.724. The Morgan fingerprint density at radius 3 is 2.41 bits per heavy atom. The van der Waals surface area contributed by atoms with Gasteiger partial charge >= 0.3 is 0 Å². The van der Waals surface area contributed by atoms with E-state index in [2.05, 4.69) is 15.3 Å². The van der Waals surface area contributed by atoms with E-state index >= 15 is 0 Å². The zero-order valence-electron chi connectivity index (χ0n) is 23.5. The fourth-order valence-corrected chi connectivity index (χ4v) is 5.73. The highest BCUT2D eigenvalue weighted by atomic mass is 16.5. The van der Waals surface area contributed by atoms with Crippen LogP contribution in [0, 0.1) is 5.92 Å². The molecule has 3 aliphatic heterocycles. The smallest absolute Gasteiger partial charge is 0.253 e. The minimum atomic E-state index is -0.116. The van der Waals surface area contributed by atoms with E-state index in [1.54, 1.807) is 0 Å². The van der Waals surface area contributed by atoms with Crippen molar-refractivity contribution < 1.29 is 14.3 Å². The molecule has 0 aromatic heterocycles. The van der Waals surface area contributed by atoms with Crippen molar-refractivity contribution in [2.24, 2.45) is 11.7 Å². The van der Waals surface area contributed by atoms with Gasteiger partial charge in [0.1, 0.15) is 6.29 Å². The predicted molar refractivity (Wildman–Crippen MR) is 149 cm³/mol. The molecule has 5 aliphatic rings. The van der Waals surface area contributed by atoms with Crippen molar-refractivity contribution in [3.05, 3.63) is 35.1 Å². The number of ether oxygens (including phenoxy) is 1. The number of nitrogens with two attached hydrogens (primary N) is 1. The van der Waals surface area contributed by atoms with E-state index in [1.165, 1.54) is 6.42 Å². The molecular formula is C29H49N5O3. The minimum Gasteiger partial charge on any atom is -0.399 e. The number of hydrazine groups is 1. The van der Waals surface area contributed by atoms with Crippen LogP contribution in [0.25, 0.3) is 0 Å². The van der Waals surface area contributed by atoms with Gasteiger partial charge in [-0.25, -0.2) is 5.01 Å². The summed E-state index contributed by atoms with van der Waals surface area (Å²) in [6, 6.07) is 0.424. The predicted octanol–water partition coefficient (Wildman–Crippen LogP) is 3.02. The summed E-state index contributed by atoms with van der Waals surface area (Å²) in [5.41, 5.74) is 12.3. The Labute approximate surface area is 223 Å². The molecule has 5 rings (SSSR count). The first-order chi connectivity index (χ1) is 18.1. The number of allylic oxidation sites excluding steroid dienone is 2. The van der Waals surface area contributed by atoms with Crippen LogP contribution in [0.3, 0.4) is 0 Å². The van der Waals surface area contributed by atoms with Gasteiger partial charge in [0.25, 0.3) is 5.91 Å². The summed E-state index contributed by atoms with van der Waals surface area (Å²) >= 11 is 0. The number of nitrogens with one attached hydrogen (secondary N) is 1. The summed E-state index contributed by atoms with van der Waals surface area (Å²) in [6.45, 7) is 13.8. The maximum absolute atomic E-state index is 13.3. The van der Waals surface area contributed by atoms with Crippen molar-refractivity contribution >= 4 is 12.2 Å². The number of hydrogen-bond acceptors (Lipinski definition) is 7. The molecule has 3 N–H and O–H groups in total. The minimum absolute atomic E-state index is 0.0375. The molecule has 3 saturated heterocycles. The number of amides is 1. The van der Waals surface area contributed by atoms with Gasteiger partial charge in [-0.15, -0.1) is 0 Å². The van der Waals surface area contributed by atoms with Gasteiger partial charge in [-0.1, -0.05) is 40.2 Å². The Morgan fingerprint density at radius 2 is 1.81 bits per heavy atom. The van der Waals surface area contributed by atoms with E-state index in [4.69, 9.17) is 10.5 Å². The first-order valence-corrected chi connectivity index (χ1v) is 14.6. The third kappa shape index (κ3) is 7.11. The van der Waals surface area contributed by atoms with Crippen LogP contribution in [0.5, 0.6) is 0 Å². The third-order valence-electron chi connectivity index (χ3n) is 7.96. The average Bonchev–Trinajstić information content (AvgIpc) is 3.53. The zero-order valence-corrected chi connectivity index (χ0v) is 23.5. The Balaban J connectivity index is 0.000000907. The maximum Gasteiger partial charge on any atom is 0.253 e. The van der Waals surface area contributed by atoms with E-state index in [0.29, 0.717) is 36.4 Å². The van der Waals surface area contributed by atoms with E-state index in [0.717, 1.165) is 76.9 Å². The molecule has 8 heteroatoms. The van der Waals surface area contributed by atoms with E-state index < -0.39 is 0 Å². The Kier molecular flexibility index (Phi) is 11.8. The summed E-state index contributed by atoms with van der Waals surface area (Å²) in [5, 5.41) is 2.26. The molecule has 1 saturated carbocycles. The highest BCUT2D eigenvalue weighted by molar-refractivity contribution is 5.96. The van der Waals surface area contributed by atoms with Gasteiger partial charge in [0.2, 0.25) is 0 Å². The quantitative estimate of drug-likeness (QED) is 0.526. The Bertz CT molecular complexity index is 836. The lowest BCUT2D eigenvalue weighted by atomic mass is 9.86. The monoisotopic (exact) mass is 515 g/mol. The van der Waals surface area contributed by atoms with Crippen molar-refractivity contribution in [1.29, 1.82) is 0 Å². The first kappa shape index (κ1) is 29.6. The summed E-state index contributed by atoms with van der Waals surface area (Å²) in [7, 11) is 0. The maximum atomic E-state index is 13.3. The van der Waals surface area contributed by atoms with E-state index in [1.807, 2.05) is 50.8 Å². The van der Waals surface area contributed by atoms with Crippen LogP contribution in [-0.4, -0.2) is 91.1 Å². The van der Waals surface area contributed by atoms with Crippen LogP contribution < -0.4 is 11.2 Å². The second kappa shape index (κ2) is 14.8. The van der Waals surface area contributed by atoms with Gasteiger partial charge in [0.05, 0.1) is 12.1 Å². The lowest BCUT2D eigenvalue weighted by molar-refractivity contribution is -0.128. The Morgan fingerprint density at radius 1 is 1.08 bits per heavy atom. The SMILES string of the molecule is CC.CC.NC1=C(C2C(C=O)CNN2C2CCC2)CC=C(C(=O)N2CCN(CC3CCCO3)CC2)C=C1. The molecule has 0 aromatic rings. The fourth-order valence-electron chi connectivity index (χ4n) is 5.73. The topological polar surface area (TPSA) is 91.1 Å². The zero-order chi connectivity index (χ0) is 26.8.